The van der Waals surface area contributed by atoms with Crippen LogP contribution >= 0.6 is 0 Å². The predicted octanol–water partition coefficient (Wildman–Crippen LogP) is 1.67. The maximum atomic E-state index is 11.3. The first-order chi connectivity index (χ1) is 6.88. The number of carbonyl (C=O) groups is 2. The summed E-state index contributed by atoms with van der Waals surface area (Å²) in [6, 6.07) is 0. The maximum absolute atomic E-state index is 11.3. The van der Waals surface area contributed by atoms with Crippen molar-refractivity contribution >= 4 is 11.9 Å². The number of ether oxygens (including phenoxy) is 2. The van der Waals surface area contributed by atoms with E-state index in [9.17, 15) is 9.59 Å². The third-order valence-electron chi connectivity index (χ3n) is 2.19. The Morgan fingerprint density at radius 1 is 1.27 bits per heavy atom. The van der Waals surface area contributed by atoms with Gasteiger partial charge < -0.3 is 9.47 Å². The zero-order valence-electron chi connectivity index (χ0n) is 9.54. The Morgan fingerprint density at radius 2 is 1.87 bits per heavy atom. The summed E-state index contributed by atoms with van der Waals surface area (Å²) >= 11 is 0. The lowest BCUT2D eigenvalue weighted by molar-refractivity contribution is -0.169. The molecule has 15 heavy (non-hydrogen) atoms. The van der Waals surface area contributed by atoms with Crippen molar-refractivity contribution in [3.63, 3.8) is 0 Å². The zero-order chi connectivity index (χ0) is 11.5. The molecule has 1 fully saturated rings. The number of rotatable bonds is 3. The monoisotopic (exact) mass is 214 g/mol. The molecule has 1 saturated carbocycles. The molecule has 0 atom stereocenters. The van der Waals surface area contributed by atoms with E-state index in [1.807, 2.05) is 0 Å². The molecular weight excluding hydrogens is 196 g/mol. The van der Waals surface area contributed by atoms with Gasteiger partial charge in [-0.15, -0.1) is 0 Å². The minimum Gasteiger partial charge on any atom is -0.457 e. The first-order valence-corrected chi connectivity index (χ1v) is 5.27. The molecule has 0 spiro atoms. The summed E-state index contributed by atoms with van der Waals surface area (Å²) in [5, 5.41) is 0. The minimum atomic E-state index is -0.528. The molecule has 0 heterocycles. The van der Waals surface area contributed by atoms with Crippen molar-refractivity contribution in [1.82, 2.24) is 0 Å². The zero-order valence-corrected chi connectivity index (χ0v) is 9.54. The molecule has 0 amide bonds. The number of esters is 2. The Balaban J connectivity index is 2.18. The van der Waals surface area contributed by atoms with Crippen LogP contribution < -0.4 is 0 Å². The van der Waals surface area contributed by atoms with Crippen LogP contribution in [0.25, 0.3) is 0 Å². The SMILES string of the molecule is CC(C)(C)OC(=O)COC(=O)C1CCC1. The quantitative estimate of drug-likeness (QED) is 0.670. The second-order valence-electron chi connectivity index (χ2n) is 4.82. The Kier molecular flexibility index (Phi) is 3.72. The Bertz CT molecular complexity index is 248. The van der Waals surface area contributed by atoms with Gasteiger partial charge in [-0.3, -0.25) is 4.79 Å². The summed E-state index contributed by atoms with van der Waals surface area (Å²) in [5.74, 6) is -0.755. The van der Waals surface area contributed by atoms with E-state index in [2.05, 4.69) is 0 Å². The van der Waals surface area contributed by atoms with Crippen LogP contribution in [-0.4, -0.2) is 24.1 Å². The van der Waals surface area contributed by atoms with E-state index in [4.69, 9.17) is 9.47 Å². The van der Waals surface area contributed by atoms with Crippen LogP contribution in [0.4, 0.5) is 0 Å². The number of hydrogen-bond donors (Lipinski definition) is 0. The van der Waals surface area contributed by atoms with Crippen molar-refractivity contribution in [2.45, 2.75) is 45.6 Å². The van der Waals surface area contributed by atoms with Crippen LogP contribution in [0.1, 0.15) is 40.0 Å². The average Bonchev–Trinajstić information content (AvgIpc) is 1.94. The van der Waals surface area contributed by atoms with Crippen LogP contribution in [0, 0.1) is 5.92 Å². The Hall–Kier alpha value is -1.06. The second kappa shape index (κ2) is 4.64. The molecule has 0 aliphatic heterocycles. The Morgan fingerprint density at radius 3 is 2.27 bits per heavy atom. The first-order valence-electron chi connectivity index (χ1n) is 5.27. The van der Waals surface area contributed by atoms with Crippen LogP contribution in [0.5, 0.6) is 0 Å². The maximum Gasteiger partial charge on any atom is 0.344 e. The molecule has 0 N–H and O–H groups in total. The molecule has 4 nitrogen and oxygen atoms in total. The summed E-state index contributed by atoms with van der Waals surface area (Å²) in [7, 11) is 0. The molecule has 0 unspecified atom stereocenters. The van der Waals surface area contributed by atoms with Crippen molar-refractivity contribution in [1.29, 1.82) is 0 Å². The van der Waals surface area contributed by atoms with Gasteiger partial charge in [-0.05, 0) is 33.6 Å². The highest BCUT2D eigenvalue weighted by Crippen LogP contribution is 2.27. The van der Waals surface area contributed by atoms with Gasteiger partial charge in [0.2, 0.25) is 0 Å². The van der Waals surface area contributed by atoms with Gasteiger partial charge in [0.15, 0.2) is 6.61 Å². The summed E-state index contributed by atoms with van der Waals surface area (Å²) in [4.78, 5) is 22.5. The lowest BCUT2D eigenvalue weighted by Crippen LogP contribution is -2.30. The van der Waals surface area contributed by atoms with Gasteiger partial charge in [0, 0.05) is 0 Å². The molecule has 1 rings (SSSR count). The Labute approximate surface area is 89.9 Å². The molecule has 4 heteroatoms. The predicted molar refractivity (Wildman–Crippen MR) is 54.1 cm³/mol. The third-order valence-corrected chi connectivity index (χ3v) is 2.19. The molecule has 0 aromatic heterocycles. The summed E-state index contributed by atoms with van der Waals surface area (Å²) in [5.41, 5.74) is -0.528. The number of hydrogen-bond acceptors (Lipinski definition) is 4. The summed E-state index contributed by atoms with van der Waals surface area (Å²) in [6.07, 6.45) is 2.84. The topological polar surface area (TPSA) is 52.6 Å². The molecule has 0 radical (unpaired) electrons. The van der Waals surface area contributed by atoms with Gasteiger partial charge >= 0.3 is 11.9 Å². The van der Waals surface area contributed by atoms with Crippen molar-refractivity contribution in [3.05, 3.63) is 0 Å². The van der Waals surface area contributed by atoms with Crippen LogP contribution in [0.3, 0.4) is 0 Å². The lowest BCUT2D eigenvalue weighted by atomic mass is 9.86. The fraction of sp³-hybridized carbons (Fsp3) is 0.818. The normalized spacial score (nSPS) is 16.7. The van der Waals surface area contributed by atoms with Crippen molar-refractivity contribution < 1.29 is 19.1 Å². The van der Waals surface area contributed by atoms with E-state index in [0.29, 0.717) is 0 Å². The lowest BCUT2D eigenvalue weighted by Gasteiger charge is -2.23. The molecular formula is C11H18O4. The van der Waals surface area contributed by atoms with E-state index in [1.54, 1.807) is 20.8 Å². The van der Waals surface area contributed by atoms with Crippen LogP contribution in [0.15, 0.2) is 0 Å². The van der Waals surface area contributed by atoms with Gasteiger partial charge in [-0.2, -0.15) is 0 Å². The van der Waals surface area contributed by atoms with Gasteiger partial charge in [-0.25, -0.2) is 4.79 Å². The highest BCUT2D eigenvalue weighted by atomic mass is 16.6. The van der Waals surface area contributed by atoms with Gasteiger partial charge in [-0.1, -0.05) is 6.42 Å². The second-order valence-corrected chi connectivity index (χ2v) is 4.82. The molecule has 1 aliphatic carbocycles. The van der Waals surface area contributed by atoms with E-state index in [1.165, 1.54) is 0 Å². The van der Waals surface area contributed by atoms with E-state index in [0.717, 1.165) is 19.3 Å². The summed E-state index contributed by atoms with van der Waals surface area (Å²) in [6.45, 7) is 5.06. The van der Waals surface area contributed by atoms with E-state index < -0.39 is 11.6 Å². The van der Waals surface area contributed by atoms with Gasteiger partial charge in [0.1, 0.15) is 5.60 Å². The summed E-state index contributed by atoms with van der Waals surface area (Å²) < 4.78 is 9.84. The molecule has 0 aromatic carbocycles. The van der Waals surface area contributed by atoms with Crippen molar-refractivity contribution in [2.24, 2.45) is 5.92 Å². The molecule has 0 aromatic rings. The highest BCUT2D eigenvalue weighted by Gasteiger charge is 2.27. The fourth-order valence-electron chi connectivity index (χ4n) is 1.26. The largest absolute Gasteiger partial charge is 0.457 e. The van der Waals surface area contributed by atoms with Crippen LogP contribution in [0.2, 0.25) is 0 Å². The van der Waals surface area contributed by atoms with Crippen molar-refractivity contribution in [2.75, 3.05) is 6.61 Å². The van der Waals surface area contributed by atoms with Crippen LogP contribution in [-0.2, 0) is 19.1 Å². The third kappa shape index (κ3) is 4.32. The highest BCUT2D eigenvalue weighted by molar-refractivity contribution is 5.78. The minimum absolute atomic E-state index is 0.00689. The first kappa shape index (κ1) is 12.0. The van der Waals surface area contributed by atoms with Gasteiger partial charge in [0.05, 0.1) is 5.92 Å². The van der Waals surface area contributed by atoms with E-state index >= 15 is 0 Å². The molecule has 0 saturated heterocycles. The average molecular weight is 214 g/mol. The van der Waals surface area contributed by atoms with Crippen molar-refractivity contribution in [3.8, 4) is 0 Å². The molecule has 0 bridgehead atoms. The smallest absolute Gasteiger partial charge is 0.344 e. The molecule has 1 aliphatic rings. The molecule has 86 valence electrons. The number of carbonyl (C=O) groups excluding carboxylic acids is 2. The fourth-order valence-corrected chi connectivity index (χ4v) is 1.26. The standard InChI is InChI=1S/C11H18O4/c1-11(2,3)15-9(12)7-14-10(13)8-5-4-6-8/h8H,4-7H2,1-3H3. The van der Waals surface area contributed by atoms with Gasteiger partial charge in [0.25, 0.3) is 0 Å². The van der Waals surface area contributed by atoms with E-state index in [-0.39, 0.29) is 18.5 Å².